The van der Waals surface area contributed by atoms with Crippen LogP contribution in [0.4, 0.5) is 5.69 Å². The van der Waals surface area contributed by atoms with Gasteiger partial charge in [-0.05, 0) is 88.7 Å². The molecule has 1 aromatic carbocycles. The summed E-state index contributed by atoms with van der Waals surface area (Å²) >= 11 is 0. The fourth-order valence-electron chi connectivity index (χ4n) is 5.45. The summed E-state index contributed by atoms with van der Waals surface area (Å²) in [6.45, 7) is 13.1. The Bertz CT molecular complexity index is 903. The molecule has 0 radical (unpaired) electrons. The van der Waals surface area contributed by atoms with E-state index in [0.717, 1.165) is 51.0 Å². The molecule has 31 heavy (non-hydrogen) atoms. The molecule has 2 aliphatic rings. The van der Waals surface area contributed by atoms with Crippen molar-refractivity contribution >= 4 is 22.5 Å². The Morgan fingerprint density at radius 2 is 1.97 bits per heavy atom. The lowest BCUT2D eigenvalue weighted by atomic mass is 9.91. The first-order chi connectivity index (χ1) is 14.9. The van der Waals surface area contributed by atoms with Crippen molar-refractivity contribution in [2.75, 3.05) is 31.1 Å². The van der Waals surface area contributed by atoms with E-state index in [1.165, 1.54) is 16.6 Å². The highest BCUT2D eigenvalue weighted by atomic mass is 16.1. The molecule has 4 rings (SSSR count). The van der Waals surface area contributed by atoms with E-state index >= 15 is 0 Å². The molecule has 2 atom stereocenters. The number of hydrogen-bond acceptors (Lipinski definition) is 4. The molecule has 5 heteroatoms. The third-order valence-electron chi connectivity index (χ3n) is 7.17. The molecule has 2 aliphatic heterocycles. The van der Waals surface area contributed by atoms with Gasteiger partial charge in [0.1, 0.15) is 0 Å². The molecule has 0 saturated carbocycles. The first-order valence-electron chi connectivity index (χ1n) is 12.0. The molecule has 0 unspecified atom stereocenters. The van der Waals surface area contributed by atoms with Crippen molar-refractivity contribution in [2.45, 2.75) is 65.5 Å². The van der Waals surface area contributed by atoms with Gasteiger partial charge in [0.15, 0.2) is 0 Å². The summed E-state index contributed by atoms with van der Waals surface area (Å²) in [4.78, 5) is 22.4. The molecule has 3 heterocycles. The van der Waals surface area contributed by atoms with Crippen LogP contribution in [0.1, 0.15) is 52.0 Å². The van der Waals surface area contributed by atoms with Crippen molar-refractivity contribution < 1.29 is 4.79 Å². The summed E-state index contributed by atoms with van der Waals surface area (Å²) in [7, 11) is 0. The van der Waals surface area contributed by atoms with E-state index < -0.39 is 0 Å². The van der Waals surface area contributed by atoms with Gasteiger partial charge >= 0.3 is 0 Å². The molecule has 0 aliphatic carbocycles. The highest BCUT2D eigenvalue weighted by Crippen LogP contribution is 2.31. The molecule has 0 bridgehead atoms. The monoisotopic (exact) mass is 422 g/mol. The number of benzene rings is 1. The van der Waals surface area contributed by atoms with Crippen LogP contribution in [-0.2, 0) is 4.79 Å². The van der Waals surface area contributed by atoms with Gasteiger partial charge in [0.2, 0.25) is 5.91 Å². The van der Waals surface area contributed by atoms with Crippen LogP contribution in [0.25, 0.3) is 10.9 Å². The summed E-state index contributed by atoms with van der Waals surface area (Å²) in [5, 5.41) is 4.59. The minimum atomic E-state index is 0.208. The number of pyridine rings is 1. The van der Waals surface area contributed by atoms with Crippen LogP contribution in [-0.4, -0.2) is 54.1 Å². The normalized spacial score (nSPS) is 23.5. The summed E-state index contributed by atoms with van der Waals surface area (Å²) in [6, 6.07) is 9.39. The largest absolute Gasteiger partial charge is 0.369 e. The number of fused-ring (bicyclic) bond motifs is 1. The number of aryl methyl sites for hydroxylation is 1. The Balaban J connectivity index is 1.39. The van der Waals surface area contributed by atoms with Gasteiger partial charge in [-0.25, -0.2) is 0 Å². The van der Waals surface area contributed by atoms with Crippen molar-refractivity contribution in [3.8, 4) is 0 Å². The van der Waals surface area contributed by atoms with E-state index in [9.17, 15) is 4.79 Å². The maximum Gasteiger partial charge on any atom is 0.220 e. The van der Waals surface area contributed by atoms with Crippen molar-refractivity contribution in [1.82, 2.24) is 15.2 Å². The second kappa shape index (κ2) is 9.56. The Labute approximate surface area is 187 Å². The molecule has 2 fully saturated rings. The Morgan fingerprint density at radius 3 is 2.71 bits per heavy atom. The average Bonchev–Trinajstić information content (AvgIpc) is 2.74. The van der Waals surface area contributed by atoms with E-state index in [-0.39, 0.29) is 11.9 Å². The zero-order valence-corrected chi connectivity index (χ0v) is 19.6. The number of carbonyl (C=O) groups is 1. The van der Waals surface area contributed by atoms with Gasteiger partial charge in [0, 0.05) is 48.9 Å². The quantitative estimate of drug-likeness (QED) is 0.777. The highest BCUT2D eigenvalue weighted by Gasteiger charge is 2.29. The van der Waals surface area contributed by atoms with Gasteiger partial charge in [-0.3, -0.25) is 9.78 Å². The maximum absolute atomic E-state index is 12.8. The number of nitrogens with zero attached hydrogens (tertiary/aromatic N) is 3. The molecular weight excluding hydrogens is 384 g/mol. The lowest BCUT2D eigenvalue weighted by Crippen LogP contribution is -2.51. The van der Waals surface area contributed by atoms with Crippen LogP contribution in [0.5, 0.6) is 0 Å². The lowest BCUT2D eigenvalue weighted by Gasteiger charge is -2.39. The number of rotatable bonds is 5. The van der Waals surface area contributed by atoms with Crippen molar-refractivity contribution in [3.63, 3.8) is 0 Å². The predicted molar refractivity (Wildman–Crippen MR) is 128 cm³/mol. The molecular formula is C26H38N4O. The van der Waals surface area contributed by atoms with Crippen molar-refractivity contribution in [2.24, 2.45) is 11.8 Å². The van der Waals surface area contributed by atoms with Crippen molar-refractivity contribution in [3.05, 3.63) is 36.0 Å². The minimum absolute atomic E-state index is 0.208. The lowest BCUT2D eigenvalue weighted by molar-refractivity contribution is -0.123. The van der Waals surface area contributed by atoms with Crippen LogP contribution < -0.4 is 10.2 Å². The number of aromatic nitrogens is 1. The van der Waals surface area contributed by atoms with E-state index in [4.69, 9.17) is 0 Å². The number of hydrogen-bond donors (Lipinski definition) is 1. The highest BCUT2D eigenvalue weighted by molar-refractivity contribution is 5.93. The van der Waals surface area contributed by atoms with Gasteiger partial charge in [-0.15, -0.1) is 0 Å². The number of piperidine rings is 2. The van der Waals surface area contributed by atoms with Crippen LogP contribution in [0.3, 0.4) is 0 Å². The second-order valence-electron chi connectivity index (χ2n) is 10.1. The molecule has 2 aromatic rings. The molecule has 5 nitrogen and oxygen atoms in total. The first kappa shape index (κ1) is 22.1. The SMILES string of the molecule is Cc1ccc(N2C[C@@H](C)C[C@@H](NC(=O)CC3CCN(C(C)C)CC3)C2)c2cccnc12. The van der Waals surface area contributed by atoms with Gasteiger partial charge in [0.25, 0.3) is 0 Å². The molecule has 0 spiro atoms. The Morgan fingerprint density at radius 1 is 1.19 bits per heavy atom. The Hall–Kier alpha value is -2.14. The standard InChI is InChI=1S/C26H38N4O/c1-18(2)29-12-9-21(10-13-29)15-25(31)28-22-14-19(3)16-30(17-22)24-8-7-20(4)26-23(24)6-5-11-27-26/h5-8,11,18-19,21-22H,9-10,12-17H2,1-4H3,(H,28,31)/t19-,22+/m0/s1. The average molecular weight is 423 g/mol. The topological polar surface area (TPSA) is 48.5 Å². The number of amides is 1. The molecule has 1 aromatic heterocycles. The zero-order valence-electron chi connectivity index (χ0n) is 19.6. The van der Waals surface area contributed by atoms with Crippen LogP contribution in [0.15, 0.2) is 30.5 Å². The third-order valence-corrected chi connectivity index (χ3v) is 7.17. The summed E-state index contributed by atoms with van der Waals surface area (Å²) in [5.74, 6) is 1.30. The zero-order chi connectivity index (χ0) is 22.0. The third kappa shape index (κ3) is 5.20. The molecule has 1 N–H and O–H groups in total. The van der Waals surface area contributed by atoms with Gasteiger partial charge in [-0.2, -0.15) is 0 Å². The van der Waals surface area contributed by atoms with Gasteiger partial charge in [-0.1, -0.05) is 13.0 Å². The summed E-state index contributed by atoms with van der Waals surface area (Å²) in [5.41, 5.74) is 3.52. The number of carbonyl (C=O) groups excluding carboxylic acids is 1. The number of anilines is 1. The summed E-state index contributed by atoms with van der Waals surface area (Å²) < 4.78 is 0. The van der Waals surface area contributed by atoms with Crippen LogP contribution in [0, 0.1) is 18.8 Å². The molecule has 2 saturated heterocycles. The Kier molecular flexibility index (Phi) is 6.80. The van der Waals surface area contributed by atoms with Gasteiger partial charge in [0.05, 0.1) is 5.52 Å². The van der Waals surface area contributed by atoms with E-state index in [0.29, 0.717) is 24.3 Å². The number of nitrogens with one attached hydrogen (secondary N) is 1. The second-order valence-corrected chi connectivity index (χ2v) is 10.1. The summed E-state index contributed by atoms with van der Waals surface area (Å²) in [6.07, 6.45) is 5.87. The van der Waals surface area contributed by atoms with Crippen LogP contribution in [0.2, 0.25) is 0 Å². The van der Waals surface area contributed by atoms with Crippen molar-refractivity contribution in [1.29, 1.82) is 0 Å². The van der Waals surface area contributed by atoms with E-state index in [1.807, 2.05) is 12.3 Å². The molecule has 1 amide bonds. The fraction of sp³-hybridized carbons (Fsp3) is 0.615. The van der Waals surface area contributed by atoms with Gasteiger partial charge < -0.3 is 15.1 Å². The fourth-order valence-corrected chi connectivity index (χ4v) is 5.45. The predicted octanol–water partition coefficient (Wildman–Crippen LogP) is 4.38. The first-order valence-corrected chi connectivity index (χ1v) is 12.0. The number of likely N-dealkylation sites (tertiary alicyclic amines) is 1. The van der Waals surface area contributed by atoms with E-state index in [1.54, 1.807) is 0 Å². The maximum atomic E-state index is 12.8. The smallest absolute Gasteiger partial charge is 0.220 e. The van der Waals surface area contributed by atoms with Crippen LogP contribution >= 0.6 is 0 Å². The minimum Gasteiger partial charge on any atom is -0.369 e. The van der Waals surface area contributed by atoms with E-state index in [2.05, 4.69) is 66.0 Å². The molecule has 168 valence electrons.